The molecule has 0 atom stereocenters. The zero-order valence-electron chi connectivity index (χ0n) is 14.8. The van der Waals surface area contributed by atoms with Crippen molar-refractivity contribution in [3.8, 4) is 11.5 Å². The van der Waals surface area contributed by atoms with E-state index >= 15 is 0 Å². The van der Waals surface area contributed by atoms with Gasteiger partial charge in [-0.15, -0.1) is 0 Å². The minimum absolute atomic E-state index is 0.0752. The van der Waals surface area contributed by atoms with Crippen LogP contribution in [0.25, 0.3) is 0 Å². The monoisotopic (exact) mass is 388 g/mol. The van der Waals surface area contributed by atoms with E-state index in [9.17, 15) is 9.59 Å². The fourth-order valence-electron chi connectivity index (χ4n) is 2.70. The molecule has 2 amide bonds. The van der Waals surface area contributed by atoms with Gasteiger partial charge in [-0.3, -0.25) is 9.59 Å². The van der Waals surface area contributed by atoms with Crippen LogP contribution in [0.1, 0.15) is 18.4 Å². The molecule has 1 heterocycles. The minimum atomic E-state index is -0.294. The van der Waals surface area contributed by atoms with Gasteiger partial charge in [0.15, 0.2) is 11.5 Å². The first-order valence-electron chi connectivity index (χ1n) is 8.81. The molecule has 0 aliphatic carbocycles. The molecule has 7 heteroatoms. The Balaban J connectivity index is 1.37. The first kappa shape index (κ1) is 19.0. The second-order valence-electron chi connectivity index (χ2n) is 6.16. The molecule has 2 aromatic rings. The van der Waals surface area contributed by atoms with Crippen LogP contribution in [-0.2, 0) is 16.0 Å². The average molecular weight is 389 g/mol. The highest BCUT2D eigenvalue weighted by molar-refractivity contribution is 6.30. The molecular formula is C20H21ClN2O4. The number of hydrogen-bond acceptors (Lipinski definition) is 4. The van der Waals surface area contributed by atoms with E-state index in [2.05, 4.69) is 10.6 Å². The van der Waals surface area contributed by atoms with Gasteiger partial charge in [-0.2, -0.15) is 0 Å². The molecular weight excluding hydrogens is 368 g/mol. The lowest BCUT2D eigenvalue weighted by atomic mass is 10.1. The Morgan fingerprint density at radius 1 is 0.963 bits per heavy atom. The number of carbonyl (C=O) groups is 2. The maximum absolute atomic E-state index is 12.0. The van der Waals surface area contributed by atoms with Gasteiger partial charge in [-0.05, 0) is 42.7 Å². The fraction of sp³-hybridized carbons (Fsp3) is 0.300. The highest BCUT2D eigenvalue weighted by Gasteiger charge is 2.13. The first-order chi connectivity index (χ1) is 13.1. The lowest BCUT2D eigenvalue weighted by Gasteiger charge is -2.19. The summed E-state index contributed by atoms with van der Waals surface area (Å²) in [6, 6.07) is 12.7. The number of rotatable bonds is 7. The summed E-state index contributed by atoms with van der Waals surface area (Å²) in [4.78, 5) is 23.9. The number of anilines is 1. The Bertz CT molecular complexity index is 808. The van der Waals surface area contributed by atoms with Crippen LogP contribution in [0, 0.1) is 0 Å². The molecule has 0 unspecified atom stereocenters. The van der Waals surface area contributed by atoms with Crippen LogP contribution in [0.4, 0.5) is 5.69 Å². The van der Waals surface area contributed by atoms with Gasteiger partial charge in [0.05, 0.1) is 6.54 Å². The van der Waals surface area contributed by atoms with Crippen LogP contribution in [0.2, 0.25) is 5.02 Å². The molecule has 0 saturated carbocycles. The number of hydrogen-bond donors (Lipinski definition) is 2. The van der Waals surface area contributed by atoms with E-state index in [1.165, 1.54) is 0 Å². The third kappa shape index (κ3) is 5.89. The van der Waals surface area contributed by atoms with Crippen LogP contribution in [0.15, 0.2) is 42.5 Å². The van der Waals surface area contributed by atoms with E-state index in [1.54, 1.807) is 18.2 Å². The Labute approximate surface area is 162 Å². The zero-order chi connectivity index (χ0) is 19.1. The molecule has 0 saturated heterocycles. The smallest absolute Gasteiger partial charge is 0.243 e. The van der Waals surface area contributed by atoms with Crippen molar-refractivity contribution >= 4 is 29.1 Å². The minimum Gasteiger partial charge on any atom is -0.486 e. The molecule has 0 radical (unpaired) electrons. The molecule has 0 bridgehead atoms. The number of aryl methyl sites for hydroxylation is 1. The Kier molecular flexibility index (Phi) is 6.54. The van der Waals surface area contributed by atoms with E-state index in [0.29, 0.717) is 48.3 Å². The second-order valence-corrected chi connectivity index (χ2v) is 6.60. The predicted octanol–water partition coefficient (Wildman–Crippen LogP) is 3.19. The summed E-state index contributed by atoms with van der Waals surface area (Å²) in [5.74, 6) is 0.817. The Morgan fingerprint density at radius 2 is 1.70 bits per heavy atom. The van der Waals surface area contributed by atoms with Gasteiger partial charge in [0, 0.05) is 23.2 Å². The summed E-state index contributed by atoms with van der Waals surface area (Å²) >= 11 is 5.84. The number of halogens is 1. The lowest BCUT2D eigenvalue weighted by Crippen LogP contribution is -2.32. The maximum atomic E-state index is 12.0. The molecule has 3 rings (SSSR count). The van der Waals surface area contributed by atoms with Crippen molar-refractivity contribution in [3.05, 3.63) is 53.1 Å². The number of fused-ring (bicyclic) bond motifs is 1. The summed E-state index contributed by atoms with van der Waals surface area (Å²) in [5.41, 5.74) is 1.73. The van der Waals surface area contributed by atoms with Crippen LogP contribution < -0.4 is 20.1 Å². The van der Waals surface area contributed by atoms with Crippen LogP contribution >= 0.6 is 11.6 Å². The van der Waals surface area contributed by atoms with E-state index in [-0.39, 0.29) is 18.4 Å². The molecule has 1 aliphatic rings. The van der Waals surface area contributed by atoms with Crippen LogP contribution in [0.3, 0.4) is 0 Å². The molecule has 6 nitrogen and oxygen atoms in total. The lowest BCUT2D eigenvalue weighted by molar-refractivity contribution is -0.124. The molecule has 1 aliphatic heterocycles. The molecule has 0 fully saturated rings. The quantitative estimate of drug-likeness (QED) is 0.763. The summed E-state index contributed by atoms with van der Waals surface area (Å²) in [6.45, 7) is 0.924. The molecule has 142 valence electrons. The molecule has 0 aromatic heterocycles. The second kappa shape index (κ2) is 9.28. The summed E-state index contributed by atoms with van der Waals surface area (Å²) in [7, 11) is 0. The van der Waals surface area contributed by atoms with Gasteiger partial charge in [0.25, 0.3) is 0 Å². The van der Waals surface area contributed by atoms with Gasteiger partial charge < -0.3 is 20.1 Å². The highest BCUT2D eigenvalue weighted by Crippen LogP contribution is 2.32. The van der Waals surface area contributed by atoms with Crippen molar-refractivity contribution in [2.75, 3.05) is 25.1 Å². The standard InChI is InChI=1S/C20H21ClN2O4/c21-15-6-4-14(5-7-15)2-1-3-19(24)22-13-20(25)23-16-8-9-17-18(12-16)27-11-10-26-17/h4-9,12H,1-3,10-11,13H2,(H,22,24)(H,23,25). The molecule has 2 aromatic carbocycles. The molecule has 2 N–H and O–H groups in total. The Morgan fingerprint density at radius 3 is 2.48 bits per heavy atom. The normalized spacial score (nSPS) is 12.3. The van der Waals surface area contributed by atoms with Crippen molar-refractivity contribution in [2.45, 2.75) is 19.3 Å². The maximum Gasteiger partial charge on any atom is 0.243 e. The van der Waals surface area contributed by atoms with Crippen LogP contribution in [0.5, 0.6) is 11.5 Å². The number of benzene rings is 2. The SMILES string of the molecule is O=C(CCCc1ccc(Cl)cc1)NCC(=O)Nc1ccc2c(c1)OCCO2. The largest absolute Gasteiger partial charge is 0.486 e. The fourth-order valence-corrected chi connectivity index (χ4v) is 2.82. The van der Waals surface area contributed by atoms with Crippen molar-refractivity contribution < 1.29 is 19.1 Å². The third-order valence-corrected chi connectivity index (χ3v) is 4.31. The van der Waals surface area contributed by atoms with Gasteiger partial charge in [-0.25, -0.2) is 0 Å². The topological polar surface area (TPSA) is 76.7 Å². The van der Waals surface area contributed by atoms with Crippen molar-refractivity contribution in [1.29, 1.82) is 0 Å². The number of carbonyl (C=O) groups excluding carboxylic acids is 2. The van der Waals surface area contributed by atoms with Crippen LogP contribution in [-0.4, -0.2) is 31.6 Å². The van der Waals surface area contributed by atoms with E-state index in [0.717, 1.165) is 12.0 Å². The van der Waals surface area contributed by atoms with Crippen molar-refractivity contribution in [2.24, 2.45) is 0 Å². The Hall–Kier alpha value is -2.73. The summed E-state index contributed by atoms with van der Waals surface area (Å²) in [5, 5.41) is 6.06. The molecule has 27 heavy (non-hydrogen) atoms. The van der Waals surface area contributed by atoms with Gasteiger partial charge in [-0.1, -0.05) is 23.7 Å². The predicted molar refractivity (Wildman–Crippen MR) is 103 cm³/mol. The van der Waals surface area contributed by atoms with E-state index < -0.39 is 0 Å². The zero-order valence-corrected chi connectivity index (χ0v) is 15.6. The summed E-state index contributed by atoms with van der Waals surface area (Å²) < 4.78 is 10.9. The van der Waals surface area contributed by atoms with Crippen molar-refractivity contribution in [3.63, 3.8) is 0 Å². The van der Waals surface area contributed by atoms with Gasteiger partial charge in [0.2, 0.25) is 11.8 Å². The number of nitrogens with one attached hydrogen (secondary N) is 2. The van der Waals surface area contributed by atoms with E-state index in [4.69, 9.17) is 21.1 Å². The molecule has 0 spiro atoms. The van der Waals surface area contributed by atoms with Crippen molar-refractivity contribution in [1.82, 2.24) is 5.32 Å². The number of ether oxygens (including phenoxy) is 2. The van der Waals surface area contributed by atoms with Gasteiger partial charge in [0.1, 0.15) is 13.2 Å². The number of amides is 2. The van der Waals surface area contributed by atoms with Gasteiger partial charge >= 0.3 is 0 Å². The first-order valence-corrected chi connectivity index (χ1v) is 9.18. The summed E-state index contributed by atoms with van der Waals surface area (Å²) in [6.07, 6.45) is 1.85. The highest BCUT2D eigenvalue weighted by atomic mass is 35.5. The third-order valence-electron chi connectivity index (χ3n) is 4.05. The average Bonchev–Trinajstić information content (AvgIpc) is 2.68. The van der Waals surface area contributed by atoms with E-state index in [1.807, 2.05) is 24.3 Å².